The number of hydrogen-bond acceptors (Lipinski definition) is 3. The fraction of sp³-hybridized carbons (Fsp3) is 1.00. The van der Waals surface area contributed by atoms with Crippen LogP contribution in [0, 0.1) is 0 Å². The second kappa shape index (κ2) is 5.45. The van der Waals surface area contributed by atoms with E-state index in [-0.39, 0.29) is 6.42 Å². The third-order valence-corrected chi connectivity index (χ3v) is 1.48. The lowest BCUT2D eigenvalue weighted by atomic mass is 10.1. The molecule has 3 atom stereocenters. The Kier molecular flexibility index (Phi) is 5.36. The normalized spacial score (nSPS) is 18.5. The number of halogens is 2. The Balaban J connectivity index is 4.03. The lowest BCUT2D eigenvalue weighted by molar-refractivity contribution is 0.00415. The zero-order valence-corrected chi connectivity index (χ0v) is 7.08. The molecule has 0 aliphatic carbocycles. The highest BCUT2D eigenvalue weighted by Gasteiger charge is 2.30. The first-order valence-electron chi connectivity index (χ1n) is 3.78. The van der Waals surface area contributed by atoms with E-state index in [4.69, 9.17) is 10.0 Å². The Morgan fingerprint density at radius 3 is 2.17 bits per heavy atom. The summed E-state index contributed by atoms with van der Waals surface area (Å²) in [7, 11) is -2.13. The maximum atomic E-state index is 12.8. The minimum absolute atomic E-state index is 0.0750. The van der Waals surface area contributed by atoms with E-state index in [1.165, 1.54) is 6.92 Å². The van der Waals surface area contributed by atoms with Crippen LogP contribution >= 0.6 is 0 Å². The molecule has 2 N–H and O–H groups in total. The third-order valence-electron chi connectivity index (χ3n) is 1.48. The fourth-order valence-electron chi connectivity index (χ4n) is 0.854. The average molecular weight is 182 g/mol. The standard InChI is InChI=1S/C6H13BF2O3/c1-3-5(9)6(4(2)8)12-7(10)11/h4-6,10-11H,3H2,1-2H3. The van der Waals surface area contributed by atoms with Crippen molar-refractivity contribution < 1.29 is 23.5 Å². The van der Waals surface area contributed by atoms with Crippen molar-refractivity contribution in [2.75, 3.05) is 0 Å². The van der Waals surface area contributed by atoms with Crippen LogP contribution in [0.4, 0.5) is 8.78 Å². The lowest BCUT2D eigenvalue weighted by Crippen LogP contribution is -2.38. The fourth-order valence-corrected chi connectivity index (χ4v) is 0.854. The van der Waals surface area contributed by atoms with Crippen LogP contribution in [0.25, 0.3) is 0 Å². The minimum Gasteiger partial charge on any atom is -0.402 e. The Morgan fingerprint density at radius 2 is 1.92 bits per heavy atom. The molecule has 0 amide bonds. The van der Waals surface area contributed by atoms with Gasteiger partial charge in [-0.2, -0.15) is 0 Å². The van der Waals surface area contributed by atoms with Crippen LogP contribution in [0.5, 0.6) is 0 Å². The SMILES string of the molecule is CCC(F)C(OB(O)O)C(C)F. The maximum Gasteiger partial charge on any atom is 0.634 e. The molecule has 0 fully saturated rings. The summed E-state index contributed by atoms with van der Waals surface area (Å²) < 4.78 is 29.6. The van der Waals surface area contributed by atoms with Gasteiger partial charge in [0.25, 0.3) is 0 Å². The van der Waals surface area contributed by atoms with E-state index in [1.807, 2.05) is 0 Å². The quantitative estimate of drug-likeness (QED) is 0.606. The maximum absolute atomic E-state index is 12.8. The molecule has 0 rings (SSSR count). The highest BCUT2D eigenvalue weighted by atomic mass is 19.1. The monoisotopic (exact) mass is 182 g/mol. The smallest absolute Gasteiger partial charge is 0.402 e. The molecule has 0 aliphatic heterocycles. The largest absolute Gasteiger partial charge is 0.634 e. The zero-order chi connectivity index (χ0) is 9.72. The van der Waals surface area contributed by atoms with Gasteiger partial charge in [0.1, 0.15) is 18.4 Å². The van der Waals surface area contributed by atoms with E-state index in [0.717, 1.165) is 6.92 Å². The molecule has 0 aromatic carbocycles. The summed E-state index contributed by atoms with van der Waals surface area (Å²) in [6.07, 6.45) is -4.42. The Hall–Kier alpha value is -0.195. The van der Waals surface area contributed by atoms with Crippen LogP contribution in [-0.2, 0) is 4.65 Å². The first-order chi connectivity index (χ1) is 5.49. The average Bonchev–Trinajstić information content (AvgIpc) is 1.98. The zero-order valence-electron chi connectivity index (χ0n) is 7.08. The van der Waals surface area contributed by atoms with Crippen molar-refractivity contribution >= 4 is 7.32 Å². The van der Waals surface area contributed by atoms with Gasteiger partial charge in [-0.1, -0.05) is 6.92 Å². The molecular weight excluding hydrogens is 169 g/mol. The highest BCUT2D eigenvalue weighted by Crippen LogP contribution is 2.14. The van der Waals surface area contributed by atoms with Gasteiger partial charge in [-0.25, -0.2) is 8.78 Å². The van der Waals surface area contributed by atoms with Crippen LogP contribution < -0.4 is 0 Å². The number of rotatable bonds is 5. The van der Waals surface area contributed by atoms with Gasteiger partial charge in [0, 0.05) is 0 Å². The van der Waals surface area contributed by atoms with E-state index in [9.17, 15) is 8.78 Å². The summed E-state index contributed by atoms with van der Waals surface area (Å²) in [6.45, 7) is 2.63. The van der Waals surface area contributed by atoms with Crippen LogP contribution in [0.2, 0.25) is 0 Å². The summed E-state index contributed by atoms with van der Waals surface area (Å²) in [5, 5.41) is 16.6. The molecule has 3 unspecified atom stereocenters. The molecule has 0 spiro atoms. The van der Waals surface area contributed by atoms with Crippen LogP contribution in [-0.4, -0.2) is 35.8 Å². The van der Waals surface area contributed by atoms with Gasteiger partial charge < -0.3 is 14.7 Å². The van der Waals surface area contributed by atoms with E-state index in [0.29, 0.717) is 0 Å². The molecule has 0 heterocycles. The van der Waals surface area contributed by atoms with Crippen molar-refractivity contribution in [1.82, 2.24) is 0 Å². The lowest BCUT2D eigenvalue weighted by Gasteiger charge is -2.21. The Labute approximate surface area is 70.5 Å². The number of hydrogen-bond donors (Lipinski definition) is 2. The van der Waals surface area contributed by atoms with Gasteiger partial charge in [0.2, 0.25) is 0 Å². The summed E-state index contributed by atoms with van der Waals surface area (Å²) in [6, 6.07) is 0. The molecule has 6 heteroatoms. The van der Waals surface area contributed by atoms with E-state index in [1.54, 1.807) is 0 Å². The first-order valence-corrected chi connectivity index (χ1v) is 3.78. The van der Waals surface area contributed by atoms with Gasteiger partial charge in [-0.15, -0.1) is 0 Å². The summed E-state index contributed by atoms with van der Waals surface area (Å²) in [5.41, 5.74) is 0. The number of alkyl halides is 2. The van der Waals surface area contributed by atoms with Crippen molar-refractivity contribution in [3.05, 3.63) is 0 Å². The second-order valence-electron chi connectivity index (χ2n) is 2.53. The van der Waals surface area contributed by atoms with Crippen molar-refractivity contribution in [1.29, 1.82) is 0 Å². The molecule has 12 heavy (non-hydrogen) atoms. The first kappa shape index (κ1) is 11.8. The second-order valence-corrected chi connectivity index (χ2v) is 2.53. The molecule has 0 radical (unpaired) electrons. The third kappa shape index (κ3) is 3.99. The molecule has 72 valence electrons. The van der Waals surface area contributed by atoms with Gasteiger partial charge in [0.05, 0.1) is 0 Å². The van der Waals surface area contributed by atoms with Gasteiger partial charge >= 0.3 is 7.32 Å². The molecule has 0 bridgehead atoms. The van der Waals surface area contributed by atoms with Crippen molar-refractivity contribution in [3.63, 3.8) is 0 Å². The predicted molar refractivity (Wildman–Crippen MR) is 40.8 cm³/mol. The van der Waals surface area contributed by atoms with Crippen molar-refractivity contribution in [3.8, 4) is 0 Å². The molecule has 0 aliphatic rings. The van der Waals surface area contributed by atoms with E-state index in [2.05, 4.69) is 4.65 Å². The molecule has 3 nitrogen and oxygen atoms in total. The summed E-state index contributed by atoms with van der Waals surface area (Å²) >= 11 is 0. The minimum atomic E-state index is -2.13. The molecule has 0 saturated heterocycles. The van der Waals surface area contributed by atoms with Crippen molar-refractivity contribution in [2.24, 2.45) is 0 Å². The van der Waals surface area contributed by atoms with Crippen LogP contribution in [0.3, 0.4) is 0 Å². The van der Waals surface area contributed by atoms with E-state index < -0.39 is 25.8 Å². The summed E-state index contributed by atoms with van der Waals surface area (Å²) in [5.74, 6) is 0. The van der Waals surface area contributed by atoms with Gasteiger partial charge in [-0.3, -0.25) is 0 Å². The van der Waals surface area contributed by atoms with E-state index >= 15 is 0 Å². The summed E-state index contributed by atoms with van der Waals surface area (Å²) in [4.78, 5) is 0. The van der Waals surface area contributed by atoms with Gasteiger partial charge in [0.15, 0.2) is 0 Å². The Bertz CT molecular complexity index is 123. The molecule has 0 aromatic heterocycles. The molecule has 0 saturated carbocycles. The molecule has 0 aromatic rings. The van der Waals surface area contributed by atoms with Crippen LogP contribution in [0.1, 0.15) is 20.3 Å². The van der Waals surface area contributed by atoms with Crippen molar-refractivity contribution in [2.45, 2.75) is 38.7 Å². The topological polar surface area (TPSA) is 49.7 Å². The Morgan fingerprint density at radius 1 is 1.42 bits per heavy atom. The predicted octanol–water partition coefficient (Wildman–Crippen LogP) is 0.447. The highest BCUT2D eigenvalue weighted by molar-refractivity contribution is 6.32. The molecular formula is C6H13BF2O3. The van der Waals surface area contributed by atoms with Gasteiger partial charge in [-0.05, 0) is 13.3 Å². The van der Waals surface area contributed by atoms with Crippen LogP contribution in [0.15, 0.2) is 0 Å².